The van der Waals surface area contributed by atoms with Crippen LogP contribution in [0.2, 0.25) is 0 Å². The zero-order valence-electron chi connectivity index (χ0n) is 11.4. The molecule has 2 heterocycles. The van der Waals surface area contributed by atoms with Gasteiger partial charge in [-0.25, -0.2) is 0 Å². The fraction of sp³-hybridized carbons (Fsp3) is 0.538. The summed E-state index contributed by atoms with van der Waals surface area (Å²) in [6.45, 7) is 10.0. The highest BCUT2D eigenvalue weighted by molar-refractivity contribution is 5.27. The molecule has 1 N–H and O–H groups in total. The van der Waals surface area contributed by atoms with Gasteiger partial charge in [-0.2, -0.15) is 5.10 Å². The fourth-order valence-corrected chi connectivity index (χ4v) is 2.33. The molecular formula is C13H20N4O. The topological polar surface area (TPSA) is 55.9 Å². The quantitative estimate of drug-likeness (QED) is 0.882. The van der Waals surface area contributed by atoms with Gasteiger partial charge in [-0.15, -0.1) is 0 Å². The number of aryl methyl sites for hydroxylation is 2. The Bertz CT molecular complexity index is 501. The minimum atomic E-state index is 0.246. The van der Waals surface area contributed by atoms with Crippen LogP contribution in [-0.2, 0) is 13.1 Å². The van der Waals surface area contributed by atoms with Gasteiger partial charge in [0.1, 0.15) is 5.76 Å². The second-order valence-corrected chi connectivity index (χ2v) is 4.48. The van der Waals surface area contributed by atoms with Gasteiger partial charge < -0.3 is 9.84 Å². The molecule has 2 aromatic rings. The monoisotopic (exact) mass is 248 g/mol. The van der Waals surface area contributed by atoms with Crippen molar-refractivity contribution in [2.24, 2.45) is 0 Å². The number of hydrogen-bond acceptors (Lipinski definition) is 4. The van der Waals surface area contributed by atoms with Gasteiger partial charge in [-0.3, -0.25) is 4.68 Å². The van der Waals surface area contributed by atoms with Crippen LogP contribution in [0.5, 0.6) is 0 Å². The summed E-state index contributed by atoms with van der Waals surface area (Å²) in [6.07, 6.45) is 1.66. The van der Waals surface area contributed by atoms with E-state index >= 15 is 0 Å². The highest BCUT2D eigenvalue weighted by Crippen LogP contribution is 2.21. The van der Waals surface area contributed by atoms with E-state index in [2.05, 4.69) is 43.3 Å². The molecule has 0 bridgehead atoms. The van der Waals surface area contributed by atoms with Crippen LogP contribution in [-0.4, -0.2) is 14.9 Å². The van der Waals surface area contributed by atoms with Crippen LogP contribution in [0.25, 0.3) is 0 Å². The molecule has 18 heavy (non-hydrogen) atoms. The normalized spacial score (nSPS) is 12.9. The van der Waals surface area contributed by atoms with Gasteiger partial charge in [-0.1, -0.05) is 5.16 Å². The van der Waals surface area contributed by atoms with Crippen molar-refractivity contribution in [1.29, 1.82) is 0 Å². The van der Waals surface area contributed by atoms with Gasteiger partial charge >= 0.3 is 0 Å². The summed E-state index contributed by atoms with van der Waals surface area (Å²) in [7, 11) is 0. The van der Waals surface area contributed by atoms with Crippen LogP contribution >= 0.6 is 0 Å². The SMILES string of the molecule is CCn1nc(C)c(C(C)NCc2ccno2)c1C. The first-order valence-corrected chi connectivity index (χ1v) is 6.30. The van der Waals surface area contributed by atoms with E-state index in [-0.39, 0.29) is 6.04 Å². The summed E-state index contributed by atoms with van der Waals surface area (Å²) < 4.78 is 7.11. The summed E-state index contributed by atoms with van der Waals surface area (Å²) >= 11 is 0. The van der Waals surface area contributed by atoms with E-state index in [4.69, 9.17) is 4.52 Å². The Morgan fingerprint density at radius 3 is 2.78 bits per heavy atom. The molecule has 0 amide bonds. The molecule has 0 radical (unpaired) electrons. The first-order valence-electron chi connectivity index (χ1n) is 6.30. The third-order valence-electron chi connectivity index (χ3n) is 3.24. The standard InChI is InChI=1S/C13H20N4O/c1-5-17-11(4)13(10(3)16-17)9(2)14-8-12-6-7-15-18-12/h6-7,9,14H,5,8H2,1-4H3. The summed E-state index contributed by atoms with van der Waals surface area (Å²) in [5, 5.41) is 11.7. The lowest BCUT2D eigenvalue weighted by atomic mass is 10.1. The van der Waals surface area contributed by atoms with E-state index in [0.29, 0.717) is 6.54 Å². The number of nitrogens with zero attached hydrogens (tertiary/aromatic N) is 3. The maximum Gasteiger partial charge on any atom is 0.150 e. The number of rotatable bonds is 5. The molecule has 0 fully saturated rings. The lowest BCUT2D eigenvalue weighted by Gasteiger charge is -2.13. The fourth-order valence-electron chi connectivity index (χ4n) is 2.33. The van der Waals surface area contributed by atoms with Crippen LogP contribution < -0.4 is 5.32 Å². The van der Waals surface area contributed by atoms with Crippen molar-refractivity contribution < 1.29 is 4.52 Å². The summed E-state index contributed by atoms with van der Waals surface area (Å²) in [6, 6.07) is 2.12. The minimum absolute atomic E-state index is 0.246. The lowest BCUT2D eigenvalue weighted by Crippen LogP contribution is -2.19. The van der Waals surface area contributed by atoms with Crippen LogP contribution in [0.15, 0.2) is 16.8 Å². The molecule has 1 atom stereocenters. The molecule has 1 unspecified atom stereocenters. The molecule has 5 heteroatoms. The Kier molecular flexibility index (Phi) is 3.81. The first kappa shape index (κ1) is 12.8. The van der Waals surface area contributed by atoms with Gasteiger partial charge in [-0.05, 0) is 27.7 Å². The maximum atomic E-state index is 5.07. The Labute approximate surface area is 107 Å². The molecule has 0 spiro atoms. The minimum Gasteiger partial charge on any atom is -0.360 e. The molecule has 0 aliphatic heterocycles. The molecular weight excluding hydrogens is 228 g/mol. The highest BCUT2D eigenvalue weighted by Gasteiger charge is 2.16. The average Bonchev–Trinajstić information content (AvgIpc) is 2.94. The Morgan fingerprint density at radius 2 is 2.22 bits per heavy atom. The maximum absolute atomic E-state index is 5.07. The highest BCUT2D eigenvalue weighted by atomic mass is 16.5. The predicted molar refractivity (Wildman–Crippen MR) is 69.1 cm³/mol. The Hall–Kier alpha value is -1.62. The van der Waals surface area contributed by atoms with Gasteiger partial charge in [0.2, 0.25) is 0 Å². The Balaban J connectivity index is 2.08. The van der Waals surface area contributed by atoms with Crippen molar-refractivity contribution in [2.45, 2.75) is 46.8 Å². The largest absolute Gasteiger partial charge is 0.360 e. The first-order chi connectivity index (χ1) is 8.63. The van der Waals surface area contributed by atoms with E-state index in [9.17, 15) is 0 Å². The van der Waals surface area contributed by atoms with Crippen molar-refractivity contribution in [1.82, 2.24) is 20.3 Å². The van der Waals surface area contributed by atoms with E-state index in [1.54, 1.807) is 6.20 Å². The van der Waals surface area contributed by atoms with Gasteiger partial charge in [0, 0.05) is 29.9 Å². The van der Waals surface area contributed by atoms with Gasteiger partial charge in [0.05, 0.1) is 18.4 Å². The van der Waals surface area contributed by atoms with Crippen molar-refractivity contribution in [3.63, 3.8) is 0 Å². The van der Waals surface area contributed by atoms with E-state index < -0.39 is 0 Å². The van der Waals surface area contributed by atoms with E-state index in [1.807, 2.05) is 10.7 Å². The van der Waals surface area contributed by atoms with Crippen molar-refractivity contribution in [3.8, 4) is 0 Å². The zero-order chi connectivity index (χ0) is 13.1. The summed E-state index contributed by atoms with van der Waals surface area (Å²) in [5.41, 5.74) is 3.59. The van der Waals surface area contributed by atoms with Crippen LogP contribution in [0.3, 0.4) is 0 Å². The number of aromatic nitrogens is 3. The molecule has 2 aromatic heterocycles. The summed E-state index contributed by atoms with van der Waals surface area (Å²) in [5.74, 6) is 0.847. The molecule has 5 nitrogen and oxygen atoms in total. The molecule has 0 saturated carbocycles. The van der Waals surface area contributed by atoms with Crippen molar-refractivity contribution in [3.05, 3.63) is 35.0 Å². The van der Waals surface area contributed by atoms with Gasteiger partial charge in [0.15, 0.2) is 0 Å². The van der Waals surface area contributed by atoms with Crippen LogP contribution in [0, 0.1) is 13.8 Å². The molecule has 98 valence electrons. The molecule has 2 rings (SSSR count). The molecule has 0 aliphatic rings. The van der Waals surface area contributed by atoms with Crippen LogP contribution in [0.1, 0.15) is 42.6 Å². The second-order valence-electron chi connectivity index (χ2n) is 4.48. The second kappa shape index (κ2) is 5.35. The number of nitrogens with one attached hydrogen (secondary N) is 1. The lowest BCUT2D eigenvalue weighted by molar-refractivity contribution is 0.366. The van der Waals surface area contributed by atoms with E-state index in [0.717, 1.165) is 18.0 Å². The Morgan fingerprint density at radius 1 is 1.44 bits per heavy atom. The summed E-state index contributed by atoms with van der Waals surface area (Å²) in [4.78, 5) is 0. The third-order valence-corrected chi connectivity index (χ3v) is 3.24. The number of hydrogen-bond donors (Lipinski definition) is 1. The van der Waals surface area contributed by atoms with Crippen LogP contribution in [0.4, 0.5) is 0 Å². The molecule has 0 saturated heterocycles. The average molecular weight is 248 g/mol. The van der Waals surface area contributed by atoms with E-state index in [1.165, 1.54) is 11.3 Å². The zero-order valence-corrected chi connectivity index (χ0v) is 11.4. The van der Waals surface area contributed by atoms with Crippen molar-refractivity contribution in [2.75, 3.05) is 0 Å². The van der Waals surface area contributed by atoms with Gasteiger partial charge in [0.25, 0.3) is 0 Å². The van der Waals surface area contributed by atoms with Crippen molar-refractivity contribution >= 4 is 0 Å². The smallest absolute Gasteiger partial charge is 0.150 e. The third kappa shape index (κ3) is 2.46. The predicted octanol–water partition coefficient (Wildman–Crippen LogP) is 2.36. The molecule has 0 aliphatic carbocycles. The molecule has 0 aromatic carbocycles.